The van der Waals surface area contributed by atoms with Crippen molar-refractivity contribution in [3.8, 4) is 0 Å². The summed E-state index contributed by atoms with van der Waals surface area (Å²) in [6.45, 7) is 0.501. The molecule has 0 aromatic rings. The van der Waals surface area contributed by atoms with Crippen LogP contribution in [0, 0.1) is 0 Å². The van der Waals surface area contributed by atoms with Crippen LogP contribution in [0.1, 0.15) is 12.8 Å². The fourth-order valence-corrected chi connectivity index (χ4v) is 0.461. The van der Waals surface area contributed by atoms with E-state index in [4.69, 9.17) is 31.3 Å². The molecule has 0 aliphatic heterocycles. The van der Waals surface area contributed by atoms with E-state index < -0.39 is 18.0 Å². The van der Waals surface area contributed by atoms with Crippen molar-refractivity contribution >= 4 is 18.2 Å². The summed E-state index contributed by atoms with van der Waals surface area (Å²) in [5.74, 6) is -2.38. The minimum Gasteiger partial charge on any atom is -0.480 e. The van der Waals surface area contributed by atoms with E-state index >= 15 is 0 Å². The normalized spacial score (nSPS) is 10.7. The second kappa shape index (κ2) is 9.62. The summed E-state index contributed by atoms with van der Waals surface area (Å²) in [5, 5.41) is 15.6. The number of aldehydes is 1. The van der Waals surface area contributed by atoms with Crippen LogP contribution in [-0.2, 0) is 14.4 Å². The number of carboxylic acid groups (broad SMARTS) is 2. The Hall–Kier alpha value is -1.47. The molecule has 0 spiro atoms. The van der Waals surface area contributed by atoms with Crippen molar-refractivity contribution in [1.29, 1.82) is 0 Å². The Labute approximate surface area is 80.7 Å². The van der Waals surface area contributed by atoms with Gasteiger partial charge in [0.1, 0.15) is 6.04 Å². The number of carbonyl (C=O) groups is 3. The lowest BCUT2D eigenvalue weighted by molar-refractivity contribution is -0.143. The smallest absolute Gasteiger partial charge is 0.368 e. The quantitative estimate of drug-likeness (QED) is 0.313. The second-order valence-corrected chi connectivity index (χ2v) is 2.33. The predicted molar refractivity (Wildman–Crippen MR) is 47.6 cm³/mol. The van der Waals surface area contributed by atoms with E-state index in [1.165, 1.54) is 0 Å². The zero-order chi connectivity index (χ0) is 11.6. The average Bonchev–Trinajstić information content (AvgIpc) is 2.14. The Morgan fingerprint density at radius 3 is 2.00 bits per heavy atom. The van der Waals surface area contributed by atoms with Crippen molar-refractivity contribution < 1.29 is 24.6 Å². The van der Waals surface area contributed by atoms with Crippen LogP contribution in [-0.4, -0.2) is 41.0 Å². The molecule has 0 aromatic carbocycles. The molecule has 0 rings (SSSR count). The number of nitrogens with two attached hydrogens (primary N) is 2. The SMILES string of the molecule is NCCCC(N)C(=O)O.O=CC(=O)O. The largest absolute Gasteiger partial charge is 0.480 e. The number of hydrogen-bond donors (Lipinski definition) is 4. The molecule has 0 amide bonds. The molecule has 1 atom stereocenters. The molecule has 6 N–H and O–H groups in total. The maximum atomic E-state index is 10.0. The molecule has 82 valence electrons. The van der Waals surface area contributed by atoms with Gasteiger partial charge in [0.15, 0.2) is 0 Å². The Kier molecular flexibility index (Phi) is 10.3. The van der Waals surface area contributed by atoms with Gasteiger partial charge in [0.2, 0.25) is 6.29 Å². The number of carboxylic acids is 2. The fraction of sp³-hybridized carbons (Fsp3) is 0.571. The van der Waals surface area contributed by atoms with E-state index in [2.05, 4.69) is 0 Å². The summed E-state index contributed by atoms with van der Waals surface area (Å²) < 4.78 is 0. The highest BCUT2D eigenvalue weighted by Crippen LogP contribution is 1.91. The van der Waals surface area contributed by atoms with Crippen LogP contribution in [0.4, 0.5) is 0 Å². The van der Waals surface area contributed by atoms with Gasteiger partial charge in [-0.2, -0.15) is 0 Å². The molecule has 0 aliphatic carbocycles. The lowest BCUT2D eigenvalue weighted by atomic mass is 10.2. The first-order valence-electron chi connectivity index (χ1n) is 3.82. The summed E-state index contributed by atoms with van der Waals surface area (Å²) in [6, 6.07) is -0.742. The van der Waals surface area contributed by atoms with Gasteiger partial charge in [-0.15, -0.1) is 0 Å². The molecule has 7 nitrogen and oxygen atoms in total. The van der Waals surface area contributed by atoms with Gasteiger partial charge >= 0.3 is 11.9 Å². The Balaban J connectivity index is 0. The van der Waals surface area contributed by atoms with Crippen LogP contribution >= 0.6 is 0 Å². The number of rotatable bonds is 5. The first kappa shape index (κ1) is 15.0. The van der Waals surface area contributed by atoms with Gasteiger partial charge < -0.3 is 21.7 Å². The van der Waals surface area contributed by atoms with Crippen molar-refractivity contribution in [3.05, 3.63) is 0 Å². The van der Waals surface area contributed by atoms with Crippen molar-refractivity contribution in [2.45, 2.75) is 18.9 Å². The van der Waals surface area contributed by atoms with Gasteiger partial charge in [0.25, 0.3) is 0 Å². The minimum atomic E-state index is -1.43. The zero-order valence-electron chi connectivity index (χ0n) is 7.55. The van der Waals surface area contributed by atoms with Crippen LogP contribution < -0.4 is 11.5 Å². The molecule has 7 heteroatoms. The highest BCUT2D eigenvalue weighted by Gasteiger charge is 2.08. The lowest BCUT2D eigenvalue weighted by Crippen LogP contribution is -2.30. The topological polar surface area (TPSA) is 144 Å². The van der Waals surface area contributed by atoms with E-state index in [1.807, 2.05) is 0 Å². The maximum Gasteiger partial charge on any atom is 0.368 e. The molecule has 0 bridgehead atoms. The van der Waals surface area contributed by atoms with E-state index in [1.54, 1.807) is 0 Å². The molecule has 0 saturated heterocycles. The Bertz CT molecular complexity index is 195. The minimum absolute atomic E-state index is 0.167. The zero-order valence-corrected chi connectivity index (χ0v) is 7.55. The predicted octanol–water partition coefficient (Wildman–Crippen LogP) is -1.59. The summed E-state index contributed by atoms with van der Waals surface area (Å²) in [4.78, 5) is 27.9. The fourth-order valence-electron chi connectivity index (χ4n) is 0.461. The number of carbonyl (C=O) groups excluding carboxylic acids is 1. The Morgan fingerprint density at radius 1 is 1.36 bits per heavy atom. The van der Waals surface area contributed by atoms with Crippen molar-refractivity contribution in [2.75, 3.05) is 6.54 Å². The number of hydrogen-bond acceptors (Lipinski definition) is 5. The number of aliphatic carboxylic acids is 2. The highest BCUT2D eigenvalue weighted by molar-refractivity contribution is 6.19. The van der Waals surface area contributed by atoms with Crippen molar-refractivity contribution in [1.82, 2.24) is 0 Å². The molecule has 0 heterocycles. The molecule has 0 fully saturated rings. The summed E-state index contributed by atoms with van der Waals surface area (Å²) in [5.41, 5.74) is 10.3. The molecule has 0 aliphatic rings. The third-order valence-corrected chi connectivity index (χ3v) is 1.14. The standard InChI is InChI=1S/C5H12N2O2.C2H2O3/c6-3-1-2-4(7)5(8)9;3-1-2(4)5/h4H,1-3,6-7H2,(H,8,9);1H,(H,4,5). The summed E-state index contributed by atoms with van der Waals surface area (Å²) in [7, 11) is 0. The first-order chi connectivity index (χ1) is 6.45. The first-order valence-corrected chi connectivity index (χ1v) is 3.82. The maximum absolute atomic E-state index is 10.0. The summed E-state index contributed by atoms with van der Waals surface area (Å²) in [6.07, 6.45) is 0.972. The van der Waals surface area contributed by atoms with Gasteiger partial charge in [-0.1, -0.05) is 0 Å². The van der Waals surface area contributed by atoms with Crippen LogP contribution in [0.3, 0.4) is 0 Å². The van der Waals surface area contributed by atoms with Gasteiger partial charge in [0, 0.05) is 0 Å². The van der Waals surface area contributed by atoms with Crippen LogP contribution in [0.2, 0.25) is 0 Å². The van der Waals surface area contributed by atoms with E-state index in [0.717, 1.165) is 0 Å². The van der Waals surface area contributed by atoms with Crippen molar-refractivity contribution in [3.63, 3.8) is 0 Å². The van der Waals surface area contributed by atoms with Crippen LogP contribution in [0.5, 0.6) is 0 Å². The molecule has 0 aromatic heterocycles. The van der Waals surface area contributed by atoms with Crippen LogP contribution in [0.25, 0.3) is 0 Å². The Morgan fingerprint density at radius 2 is 1.79 bits per heavy atom. The van der Waals surface area contributed by atoms with E-state index in [-0.39, 0.29) is 6.29 Å². The lowest BCUT2D eigenvalue weighted by Gasteiger charge is -2.02. The van der Waals surface area contributed by atoms with Crippen LogP contribution in [0.15, 0.2) is 0 Å². The average molecular weight is 206 g/mol. The van der Waals surface area contributed by atoms with Gasteiger partial charge in [-0.05, 0) is 19.4 Å². The van der Waals surface area contributed by atoms with Crippen molar-refractivity contribution in [2.24, 2.45) is 11.5 Å². The van der Waals surface area contributed by atoms with Gasteiger partial charge in [-0.25, -0.2) is 4.79 Å². The molecule has 1 unspecified atom stereocenters. The highest BCUT2D eigenvalue weighted by atomic mass is 16.4. The summed E-state index contributed by atoms with van der Waals surface area (Å²) >= 11 is 0. The van der Waals surface area contributed by atoms with E-state index in [9.17, 15) is 4.79 Å². The molecular formula is C7H14N2O5. The molecule has 0 saturated carbocycles. The molecule has 14 heavy (non-hydrogen) atoms. The monoisotopic (exact) mass is 206 g/mol. The van der Waals surface area contributed by atoms with Gasteiger partial charge in [-0.3, -0.25) is 9.59 Å². The third-order valence-electron chi connectivity index (χ3n) is 1.14. The second-order valence-electron chi connectivity index (χ2n) is 2.33. The third kappa shape index (κ3) is 13.1. The molecule has 0 radical (unpaired) electrons. The van der Waals surface area contributed by atoms with E-state index in [0.29, 0.717) is 19.4 Å². The van der Waals surface area contributed by atoms with Gasteiger partial charge in [0.05, 0.1) is 0 Å². The molecular weight excluding hydrogens is 192 g/mol.